The number of fused-ring (bicyclic) bond motifs is 15. The minimum atomic E-state index is -2.21. The van der Waals surface area contributed by atoms with Gasteiger partial charge in [0.05, 0.1) is 29.7 Å². The number of unbranched alkanes of at least 4 members (excludes halogenated alkanes) is 5. The number of carbonyl (C=O) groups is 9. The first-order chi connectivity index (χ1) is 52.1. The highest BCUT2D eigenvalue weighted by molar-refractivity contribution is 6.32. The van der Waals surface area contributed by atoms with E-state index in [2.05, 4.69) is 60.1 Å². The number of likely N-dealkylation sites (N-methyl/N-ethyl adjacent to an activating group) is 1. The normalized spacial score (nSPS) is 28.1. The van der Waals surface area contributed by atoms with Crippen LogP contribution in [-0.2, 0) is 47.8 Å². The van der Waals surface area contributed by atoms with Crippen molar-refractivity contribution in [3.8, 4) is 57.1 Å². The van der Waals surface area contributed by atoms with Gasteiger partial charge in [-0.3, -0.25) is 43.7 Å². The number of amides is 10. The zero-order valence-electron chi connectivity index (χ0n) is 61.1. The molecular formula is C78H96ClN11O19. The number of benzene rings is 5. The zero-order chi connectivity index (χ0) is 77.8. The average molecular weight is 1530 g/mol. The Morgan fingerprint density at radius 1 is 0.670 bits per heavy atom. The maximum Gasteiger partial charge on any atom is 0.321 e. The highest BCUT2D eigenvalue weighted by Gasteiger charge is 2.51. The van der Waals surface area contributed by atoms with Crippen LogP contribution in [0.25, 0.3) is 11.1 Å². The van der Waals surface area contributed by atoms with Crippen LogP contribution in [-0.4, -0.2) is 152 Å². The summed E-state index contributed by atoms with van der Waals surface area (Å²) >= 11 is 6.96. The first-order valence-electron chi connectivity index (χ1n) is 37.4. The average Bonchev–Trinajstić information content (AvgIpc) is 0.745. The molecule has 10 amide bonds. The number of aliphatic hydroxyl groups excluding tert-OH is 2. The van der Waals surface area contributed by atoms with E-state index in [0.29, 0.717) is 18.3 Å². The number of halogens is 1. The minimum Gasteiger partial charge on any atom is -0.508 e. The van der Waals surface area contributed by atoms with E-state index in [1.165, 1.54) is 61.6 Å². The van der Waals surface area contributed by atoms with Gasteiger partial charge in [-0.1, -0.05) is 88.7 Å². The Balaban J connectivity index is 1.01. The van der Waals surface area contributed by atoms with Gasteiger partial charge in [-0.2, -0.15) is 0 Å². The smallest absolute Gasteiger partial charge is 0.321 e. The summed E-state index contributed by atoms with van der Waals surface area (Å²) in [6.45, 7) is 7.50. The molecule has 5 unspecified atom stereocenters. The fourth-order valence-corrected chi connectivity index (χ4v) is 16.7. The summed E-state index contributed by atoms with van der Waals surface area (Å²) in [5.41, 5.74) is 5.16. The topological polar surface area (TPSA) is 458 Å². The van der Waals surface area contributed by atoms with E-state index in [0.717, 1.165) is 94.5 Å². The molecule has 18 N–H and O–H groups in total. The van der Waals surface area contributed by atoms with Gasteiger partial charge in [0.15, 0.2) is 17.8 Å². The van der Waals surface area contributed by atoms with E-state index >= 15 is 28.8 Å². The summed E-state index contributed by atoms with van der Waals surface area (Å²) < 4.78 is 25.8. The Bertz CT molecular complexity index is 4240. The Morgan fingerprint density at radius 3 is 2.00 bits per heavy atom. The summed E-state index contributed by atoms with van der Waals surface area (Å²) in [6, 6.07) is 1.82. The van der Waals surface area contributed by atoms with Crippen molar-refractivity contribution < 1.29 is 92.7 Å². The number of imide groups is 1. The molecule has 15 bridgehead atoms. The van der Waals surface area contributed by atoms with Gasteiger partial charge in [0.2, 0.25) is 53.0 Å². The monoisotopic (exact) mass is 1530 g/mol. The number of urea groups is 1. The highest BCUT2D eigenvalue weighted by Crippen LogP contribution is 2.54. The molecule has 31 heteroatoms. The van der Waals surface area contributed by atoms with Crippen LogP contribution in [0.3, 0.4) is 0 Å². The van der Waals surface area contributed by atoms with Crippen molar-refractivity contribution >= 4 is 64.9 Å². The van der Waals surface area contributed by atoms with E-state index in [1.807, 2.05) is 13.8 Å². The molecule has 1 saturated heterocycles. The summed E-state index contributed by atoms with van der Waals surface area (Å²) in [5, 5.41) is 98.0. The fourth-order valence-electron chi connectivity index (χ4n) is 16.5. The molecule has 6 heterocycles. The van der Waals surface area contributed by atoms with Crippen LogP contribution in [0.4, 0.5) is 4.79 Å². The van der Waals surface area contributed by atoms with Crippen molar-refractivity contribution in [1.29, 1.82) is 0 Å². The number of carbonyl (C=O) groups excluding carboxylic acids is 9. The Labute approximate surface area is 634 Å². The number of phenols is 4. The summed E-state index contributed by atoms with van der Waals surface area (Å²) in [4.78, 5) is 137. The second-order valence-electron chi connectivity index (χ2n) is 30.3. The van der Waals surface area contributed by atoms with Crippen LogP contribution in [0.15, 0.2) is 84.9 Å². The number of nitrogens with one attached hydrogen (secondary N) is 10. The zero-order valence-corrected chi connectivity index (χ0v) is 61.9. The molecule has 0 spiro atoms. The lowest BCUT2D eigenvalue weighted by Crippen LogP contribution is -2.60. The molecule has 10 aliphatic rings. The predicted molar refractivity (Wildman–Crippen MR) is 394 cm³/mol. The van der Waals surface area contributed by atoms with Crippen LogP contribution in [0.2, 0.25) is 5.02 Å². The summed E-state index contributed by atoms with van der Waals surface area (Å²) in [5.74, 6) is -11.7. The minimum absolute atomic E-state index is 0.0611. The first-order valence-corrected chi connectivity index (χ1v) is 37.8. The molecule has 584 valence electrons. The molecular weight excluding hydrogens is 1430 g/mol. The van der Waals surface area contributed by atoms with Gasteiger partial charge in [0, 0.05) is 42.2 Å². The number of aliphatic hydroxyl groups is 2. The molecule has 109 heavy (non-hydrogen) atoms. The lowest BCUT2D eigenvalue weighted by Gasteiger charge is -2.54. The van der Waals surface area contributed by atoms with Gasteiger partial charge >= 0.3 is 6.03 Å². The number of hydrogen-bond acceptors (Lipinski definition) is 21. The molecule has 5 fully saturated rings. The summed E-state index contributed by atoms with van der Waals surface area (Å²) in [6.07, 6.45) is 1.73. The van der Waals surface area contributed by atoms with Gasteiger partial charge in [-0.15, -0.1) is 0 Å². The number of aromatic hydroxyl groups is 4. The second-order valence-corrected chi connectivity index (χ2v) is 30.7. The van der Waals surface area contributed by atoms with E-state index in [-0.39, 0.29) is 98.6 Å². The van der Waals surface area contributed by atoms with Crippen molar-refractivity contribution in [2.75, 3.05) is 13.6 Å². The van der Waals surface area contributed by atoms with Crippen molar-refractivity contribution in [3.05, 3.63) is 118 Å². The van der Waals surface area contributed by atoms with Crippen LogP contribution < -0.4 is 68.4 Å². The van der Waals surface area contributed by atoms with Crippen LogP contribution in [0.1, 0.15) is 176 Å². The molecule has 15 rings (SSSR count). The molecule has 6 aliphatic heterocycles. The van der Waals surface area contributed by atoms with Gasteiger partial charge in [0.25, 0.3) is 0 Å². The number of ether oxygens (including phenoxy) is 4. The third-order valence-corrected chi connectivity index (χ3v) is 22.2. The fraction of sp³-hybridized carbons (Fsp3) is 0.500. The number of nitrogens with two attached hydrogens (primary N) is 1. The SMILES string of the molecule is CCCCCCCCNC(=O)NC(=O)CC1NC(=O)C(NC(=O)[C@@H](CC(C)C)NC)[C@H](O)c2ccc(c(Cl)c2)Oc2cc3cc(c2O)Oc2ccc(cc2)[C@@H](OC2C[C@H](N)[C@@H](O)[C@H](C)O2)[C@@H]2NC(=O)[C@H](NC(=O)C3NC1=O)c1ccc(O)c(c1)-c1c(O)cc(O)cc1C(C(=O)NC1C3CC4CC(C3)CC1C4)NC2=O. The first kappa shape index (κ1) is 78.8. The van der Waals surface area contributed by atoms with Crippen LogP contribution in [0, 0.1) is 29.6 Å². The third kappa shape index (κ3) is 17.9. The van der Waals surface area contributed by atoms with E-state index in [9.17, 15) is 45.0 Å². The van der Waals surface area contributed by atoms with Crippen molar-refractivity contribution in [2.24, 2.45) is 35.3 Å². The Hall–Kier alpha value is -9.82. The molecule has 4 saturated carbocycles. The van der Waals surface area contributed by atoms with Crippen molar-refractivity contribution in [1.82, 2.24) is 53.2 Å². The van der Waals surface area contributed by atoms with Crippen LogP contribution >= 0.6 is 11.6 Å². The maximum atomic E-state index is 16.2. The van der Waals surface area contributed by atoms with E-state index < -0.39 is 173 Å². The molecule has 4 aliphatic carbocycles. The Morgan fingerprint density at radius 2 is 1.32 bits per heavy atom. The van der Waals surface area contributed by atoms with Gasteiger partial charge < -0.3 is 103 Å². The number of phenolic OH excluding ortho intramolecular Hbond substituents is 4. The molecule has 0 aromatic heterocycles. The maximum absolute atomic E-state index is 16.2. The standard InChI is InChI=1S/C78H96ClN11O19/c1-6-7-8-9-10-11-20-82-78(105)84-58(94)34-52-72(99)86-63-44-29-56(69(97)57(30-44)108-55-19-15-41(28-49(55)79)68(96)65(76(103)83-52)89-71(98)51(81-5)21-35(2)3)107-46-16-12-39(13-17-46)70(109-59-33-50(80)67(95)36(4)106-59)66-77(104)88-64(75(102)85-61-42-23-37-22-38(25-42)26-43(61)24-37)48-31-45(91)32-54(93)60(48)47-27-40(14-18-53(47)92)62(73(100)90-66)87-74(63)101/h12-19,27-32,35-38,42-43,50-52,59,61-68,70,81,91-93,95-97H,6-11,20-26,33-34,80H2,1-5H3,(H,83,103)(H,85,102)(H,86,99)(H,87,101)(H,88,104)(H,89,98)(H,90,100)(H2,82,84,94,105)/t36-,37?,38?,42?,43?,50-,51+,52?,59?,61?,62+,63?,64?,65?,66-,67-,68+,70+/m0/s1. The predicted octanol–water partition coefficient (Wildman–Crippen LogP) is 6.15. The van der Waals surface area contributed by atoms with E-state index in [1.54, 1.807) is 6.92 Å². The lowest BCUT2D eigenvalue weighted by molar-refractivity contribution is -0.243. The molecule has 5 aromatic carbocycles. The van der Waals surface area contributed by atoms with Crippen molar-refractivity contribution in [2.45, 2.75) is 203 Å². The molecule has 5 aromatic rings. The molecule has 13 atom stereocenters. The van der Waals surface area contributed by atoms with Gasteiger partial charge in [-0.05, 0) is 171 Å². The molecule has 30 nitrogen and oxygen atoms in total. The highest BCUT2D eigenvalue weighted by atomic mass is 35.5. The van der Waals surface area contributed by atoms with E-state index in [4.69, 9.17) is 36.3 Å². The largest absolute Gasteiger partial charge is 0.508 e. The number of hydrogen-bond donors (Lipinski definition) is 17. The number of rotatable bonds is 18. The van der Waals surface area contributed by atoms with Crippen molar-refractivity contribution in [3.63, 3.8) is 0 Å². The summed E-state index contributed by atoms with van der Waals surface area (Å²) in [7, 11) is 1.51. The third-order valence-electron chi connectivity index (χ3n) is 21.9. The van der Waals surface area contributed by atoms with Gasteiger partial charge in [-0.25, -0.2) is 4.79 Å². The Kier molecular flexibility index (Phi) is 24.6. The van der Waals surface area contributed by atoms with Gasteiger partial charge in [0.1, 0.15) is 77.2 Å². The molecule has 0 radical (unpaired) electrons. The quantitative estimate of drug-likeness (QED) is 0.0437. The second kappa shape index (κ2) is 34.0. The lowest BCUT2D eigenvalue weighted by atomic mass is 9.54. The van der Waals surface area contributed by atoms with Crippen LogP contribution in [0.5, 0.6) is 46.0 Å².